The molecule has 39 heavy (non-hydrogen) atoms. The number of benzene rings is 2. The van der Waals surface area contributed by atoms with E-state index in [-0.39, 0.29) is 42.2 Å². The van der Waals surface area contributed by atoms with Crippen molar-refractivity contribution in [3.8, 4) is 11.5 Å². The fourth-order valence-electron chi connectivity index (χ4n) is 4.64. The van der Waals surface area contributed by atoms with Crippen molar-refractivity contribution in [3.63, 3.8) is 0 Å². The number of aromatic hydroxyl groups is 1. The van der Waals surface area contributed by atoms with E-state index < -0.39 is 7.82 Å². The van der Waals surface area contributed by atoms with Gasteiger partial charge in [-0.3, -0.25) is 24.3 Å². The van der Waals surface area contributed by atoms with E-state index >= 15 is 0 Å². The predicted molar refractivity (Wildman–Crippen MR) is 143 cm³/mol. The van der Waals surface area contributed by atoms with Crippen LogP contribution in [0.2, 0.25) is 0 Å². The summed E-state index contributed by atoms with van der Waals surface area (Å²) in [6.07, 6.45) is 4.79. The molecule has 2 aromatic carbocycles. The highest BCUT2D eigenvalue weighted by molar-refractivity contribution is 7.46. The van der Waals surface area contributed by atoms with Gasteiger partial charge in [-0.25, -0.2) is 14.5 Å². The number of rotatable bonds is 9. The number of aromatic nitrogens is 3. The maximum absolute atomic E-state index is 12.0. The molecule has 2 aromatic heterocycles. The number of phenolic OH excluding ortho intramolecular Hbond substituents is 1. The Bertz CT molecular complexity index is 1690. The smallest absolute Gasteiger partial charge is 0.508 e. The van der Waals surface area contributed by atoms with Gasteiger partial charge in [-0.05, 0) is 36.2 Å². The van der Waals surface area contributed by atoms with Crippen LogP contribution in [0.5, 0.6) is 11.5 Å². The number of unbranched alkanes of at least 4 members (excludes halogenated alkanes) is 1. The number of carbonyl (C=O) groups is 2. The normalized spacial score (nSPS) is 13.8. The first-order valence-corrected chi connectivity index (χ1v) is 13.7. The van der Waals surface area contributed by atoms with E-state index in [4.69, 9.17) is 15.2 Å². The Hall–Kier alpha value is -4.25. The van der Waals surface area contributed by atoms with Crippen LogP contribution >= 0.6 is 7.82 Å². The molecular formula is C26H26N5O7P. The Labute approximate surface area is 222 Å². The van der Waals surface area contributed by atoms with E-state index in [0.29, 0.717) is 45.3 Å². The summed E-state index contributed by atoms with van der Waals surface area (Å²) in [5.74, 6) is -0.0851. The van der Waals surface area contributed by atoms with Gasteiger partial charge in [-0.15, -0.1) is 0 Å². The first-order valence-electron chi connectivity index (χ1n) is 12.2. The highest BCUT2D eigenvalue weighted by Crippen LogP contribution is 2.41. The Balaban J connectivity index is 1.65. The van der Waals surface area contributed by atoms with Gasteiger partial charge in [0.25, 0.3) is 11.8 Å². The Kier molecular flexibility index (Phi) is 6.85. The standard InChI is InChI=1S/C26H26N5O7P/c1-2-3-4-21-29-24-25(30(21)14-16-12-17(32)6-8-20(16)38-39(35,36)37)18-7-5-15(11-19(18)28-26(24)27)13-31-22(33)9-10-23(31)34/h5-12,32H,2-4,13-14H2,1H3,(H2,27,28)(H2,35,36,37). The molecule has 0 atom stereocenters. The number of hydrogen-bond acceptors (Lipinski definition) is 8. The Morgan fingerprint density at radius 1 is 1.03 bits per heavy atom. The molecule has 0 spiro atoms. The van der Waals surface area contributed by atoms with Gasteiger partial charge in [0.2, 0.25) is 0 Å². The van der Waals surface area contributed by atoms with E-state index in [0.717, 1.165) is 17.7 Å². The molecule has 0 saturated carbocycles. The summed E-state index contributed by atoms with van der Waals surface area (Å²) < 4.78 is 18.4. The molecule has 2 amide bonds. The number of imidazole rings is 1. The Morgan fingerprint density at radius 3 is 2.46 bits per heavy atom. The number of anilines is 1. The average Bonchev–Trinajstić information content (AvgIpc) is 3.39. The van der Waals surface area contributed by atoms with Crippen molar-refractivity contribution in [2.45, 2.75) is 39.3 Å². The predicted octanol–water partition coefficient (Wildman–Crippen LogP) is 3.16. The third-order valence-corrected chi connectivity index (χ3v) is 6.87. The van der Waals surface area contributed by atoms with E-state index in [1.807, 2.05) is 17.6 Å². The summed E-state index contributed by atoms with van der Waals surface area (Å²) in [6.45, 7) is 2.20. The number of imide groups is 1. The highest BCUT2D eigenvalue weighted by atomic mass is 31.2. The molecule has 0 aliphatic carbocycles. The number of nitrogens with two attached hydrogens (primary N) is 1. The van der Waals surface area contributed by atoms with E-state index in [1.165, 1.54) is 30.4 Å². The zero-order chi connectivity index (χ0) is 27.9. The lowest BCUT2D eigenvalue weighted by Crippen LogP contribution is -2.29. The number of phosphoric ester groups is 1. The number of nitrogens with zero attached hydrogens (tertiary/aromatic N) is 4. The summed E-state index contributed by atoms with van der Waals surface area (Å²) in [4.78, 5) is 53.3. The molecule has 1 aliphatic rings. The molecule has 4 aromatic rings. The summed E-state index contributed by atoms with van der Waals surface area (Å²) in [5.41, 5.74) is 8.99. The molecule has 0 saturated heterocycles. The monoisotopic (exact) mass is 551 g/mol. The van der Waals surface area contributed by atoms with Gasteiger partial charge in [-0.1, -0.05) is 25.5 Å². The second kappa shape index (κ2) is 10.1. The fraction of sp³-hybridized carbons (Fsp3) is 0.231. The molecule has 12 nitrogen and oxygen atoms in total. The van der Waals surface area contributed by atoms with Crippen LogP contribution in [0.3, 0.4) is 0 Å². The van der Waals surface area contributed by atoms with Crippen LogP contribution in [-0.4, -0.2) is 46.1 Å². The van der Waals surface area contributed by atoms with Crippen LogP contribution in [0.1, 0.15) is 36.7 Å². The SMILES string of the molecule is CCCCc1nc2c(N)nc3cc(CN4C(=O)C=CC4=O)ccc3c2n1Cc1cc(O)ccc1OP(=O)(O)O. The van der Waals surface area contributed by atoms with Gasteiger partial charge >= 0.3 is 7.82 Å². The van der Waals surface area contributed by atoms with Crippen molar-refractivity contribution in [3.05, 3.63) is 65.5 Å². The zero-order valence-electron chi connectivity index (χ0n) is 20.9. The topological polar surface area (TPSA) is 181 Å². The molecule has 0 bridgehead atoms. The van der Waals surface area contributed by atoms with Gasteiger partial charge in [0, 0.05) is 29.5 Å². The largest absolute Gasteiger partial charge is 0.524 e. The van der Waals surface area contributed by atoms with Gasteiger partial charge in [0.1, 0.15) is 22.8 Å². The van der Waals surface area contributed by atoms with Crippen molar-refractivity contribution >= 4 is 47.4 Å². The number of pyridine rings is 1. The van der Waals surface area contributed by atoms with Crippen molar-refractivity contribution in [1.29, 1.82) is 0 Å². The van der Waals surface area contributed by atoms with Crippen molar-refractivity contribution in [1.82, 2.24) is 19.4 Å². The number of hydrogen-bond donors (Lipinski definition) is 4. The minimum Gasteiger partial charge on any atom is -0.508 e. The molecule has 0 radical (unpaired) electrons. The maximum atomic E-state index is 12.0. The number of fused-ring (bicyclic) bond motifs is 3. The lowest BCUT2D eigenvalue weighted by Gasteiger charge is -2.16. The summed E-state index contributed by atoms with van der Waals surface area (Å²) in [5, 5.41) is 10.8. The van der Waals surface area contributed by atoms with Crippen molar-refractivity contribution in [2.24, 2.45) is 0 Å². The zero-order valence-corrected chi connectivity index (χ0v) is 21.8. The number of aryl methyl sites for hydroxylation is 1. The maximum Gasteiger partial charge on any atom is 0.524 e. The van der Waals surface area contributed by atoms with Gasteiger partial charge in [0.05, 0.1) is 24.1 Å². The van der Waals surface area contributed by atoms with Crippen molar-refractivity contribution < 1.29 is 33.6 Å². The van der Waals surface area contributed by atoms with Gasteiger partial charge in [-0.2, -0.15) is 0 Å². The van der Waals surface area contributed by atoms with Crippen LogP contribution in [0, 0.1) is 0 Å². The van der Waals surface area contributed by atoms with E-state index in [1.54, 1.807) is 12.1 Å². The molecule has 5 N–H and O–H groups in total. The summed E-state index contributed by atoms with van der Waals surface area (Å²) >= 11 is 0. The number of phenols is 1. The highest BCUT2D eigenvalue weighted by Gasteiger charge is 2.25. The quantitative estimate of drug-likeness (QED) is 0.178. The lowest BCUT2D eigenvalue weighted by molar-refractivity contribution is -0.137. The molecule has 202 valence electrons. The minimum absolute atomic E-state index is 0.0715. The molecule has 13 heteroatoms. The third-order valence-electron chi connectivity index (χ3n) is 6.43. The third kappa shape index (κ3) is 5.35. The molecule has 0 unspecified atom stereocenters. The lowest BCUT2D eigenvalue weighted by atomic mass is 10.1. The van der Waals surface area contributed by atoms with E-state index in [9.17, 15) is 29.0 Å². The van der Waals surface area contributed by atoms with Crippen LogP contribution < -0.4 is 10.3 Å². The van der Waals surface area contributed by atoms with Crippen LogP contribution in [0.15, 0.2) is 48.6 Å². The fourth-order valence-corrected chi connectivity index (χ4v) is 5.08. The number of phosphoric acid groups is 1. The average molecular weight is 551 g/mol. The first kappa shape index (κ1) is 26.4. The molecular weight excluding hydrogens is 525 g/mol. The van der Waals surface area contributed by atoms with Crippen LogP contribution in [-0.2, 0) is 33.7 Å². The first-order chi connectivity index (χ1) is 18.5. The second-order valence-electron chi connectivity index (χ2n) is 9.23. The minimum atomic E-state index is -4.86. The number of amides is 2. The number of carbonyl (C=O) groups excluding carboxylic acids is 2. The van der Waals surface area contributed by atoms with Crippen LogP contribution in [0.4, 0.5) is 5.82 Å². The second-order valence-corrected chi connectivity index (χ2v) is 10.4. The number of nitrogen functional groups attached to an aromatic ring is 1. The van der Waals surface area contributed by atoms with E-state index in [2.05, 4.69) is 4.98 Å². The molecule has 0 fully saturated rings. The molecule has 1 aliphatic heterocycles. The summed E-state index contributed by atoms with van der Waals surface area (Å²) in [6, 6.07) is 9.31. The van der Waals surface area contributed by atoms with Gasteiger partial charge < -0.3 is 19.9 Å². The van der Waals surface area contributed by atoms with Gasteiger partial charge in [0.15, 0.2) is 5.82 Å². The van der Waals surface area contributed by atoms with Crippen LogP contribution in [0.25, 0.3) is 21.9 Å². The Morgan fingerprint density at radius 2 is 1.77 bits per heavy atom. The van der Waals surface area contributed by atoms with Crippen molar-refractivity contribution in [2.75, 3.05) is 5.73 Å². The summed E-state index contributed by atoms with van der Waals surface area (Å²) in [7, 11) is -4.86. The molecule has 3 heterocycles. The molecule has 5 rings (SSSR count).